The molecule has 26 heavy (non-hydrogen) atoms. The normalized spacial score (nSPS) is 15.0. The van der Waals surface area contributed by atoms with E-state index in [1.807, 2.05) is 50.5 Å². The lowest BCUT2D eigenvalue weighted by molar-refractivity contribution is 0.427. The lowest BCUT2D eigenvalue weighted by atomic mass is 10.1. The zero-order chi connectivity index (χ0) is 18.3. The van der Waals surface area contributed by atoms with Crippen molar-refractivity contribution in [3.63, 3.8) is 0 Å². The SMILES string of the molecule is Cc1ccc(C)c(N=c2sc(C=C3C=Nc4ccccc43)c(O)n2C)c1. The van der Waals surface area contributed by atoms with E-state index in [1.165, 1.54) is 16.9 Å². The van der Waals surface area contributed by atoms with Crippen molar-refractivity contribution in [2.45, 2.75) is 13.8 Å². The number of nitrogens with zero attached hydrogens (tertiary/aromatic N) is 3. The second kappa shape index (κ2) is 6.42. The predicted octanol–water partition coefficient (Wildman–Crippen LogP) is 4.90. The van der Waals surface area contributed by atoms with E-state index in [1.54, 1.807) is 4.57 Å². The molecule has 0 atom stereocenters. The van der Waals surface area contributed by atoms with Gasteiger partial charge >= 0.3 is 0 Å². The molecule has 0 unspecified atom stereocenters. The Labute approximate surface area is 156 Å². The summed E-state index contributed by atoms with van der Waals surface area (Å²) in [6.07, 6.45) is 3.81. The molecule has 2 heterocycles. The third-order valence-electron chi connectivity index (χ3n) is 4.45. The van der Waals surface area contributed by atoms with Gasteiger partial charge < -0.3 is 5.11 Å². The van der Waals surface area contributed by atoms with Crippen LogP contribution in [0.2, 0.25) is 0 Å². The van der Waals surface area contributed by atoms with E-state index in [9.17, 15) is 5.11 Å². The number of aromatic hydroxyl groups is 1. The number of fused-ring (bicyclic) bond motifs is 1. The monoisotopic (exact) mass is 361 g/mol. The number of allylic oxidation sites excluding steroid dienone is 1. The molecule has 2 aromatic carbocycles. The second-order valence-corrected chi connectivity index (χ2v) is 7.42. The number of hydrogen-bond donors (Lipinski definition) is 1. The van der Waals surface area contributed by atoms with Crippen LogP contribution in [0.5, 0.6) is 5.88 Å². The van der Waals surface area contributed by atoms with Crippen molar-refractivity contribution in [3.05, 3.63) is 68.8 Å². The Morgan fingerprint density at radius 3 is 2.81 bits per heavy atom. The van der Waals surface area contributed by atoms with Crippen molar-refractivity contribution in [2.24, 2.45) is 17.0 Å². The summed E-state index contributed by atoms with van der Waals surface area (Å²) in [6, 6.07) is 14.2. The minimum absolute atomic E-state index is 0.212. The molecule has 0 spiro atoms. The highest BCUT2D eigenvalue weighted by molar-refractivity contribution is 7.10. The molecular formula is C21H19N3OS. The summed E-state index contributed by atoms with van der Waals surface area (Å²) in [4.78, 5) is 10.7. The van der Waals surface area contributed by atoms with E-state index in [-0.39, 0.29) is 5.88 Å². The molecule has 0 saturated heterocycles. The number of hydrogen-bond acceptors (Lipinski definition) is 4. The summed E-state index contributed by atoms with van der Waals surface area (Å²) in [5.41, 5.74) is 6.24. The van der Waals surface area contributed by atoms with E-state index in [4.69, 9.17) is 4.99 Å². The smallest absolute Gasteiger partial charge is 0.210 e. The lowest BCUT2D eigenvalue weighted by Gasteiger charge is -2.01. The predicted molar refractivity (Wildman–Crippen MR) is 109 cm³/mol. The Kier molecular flexibility index (Phi) is 4.09. The Morgan fingerprint density at radius 1 is 1.15 bits per heavy atom. The molecular weight excluding hydrogens is 342 g/mol. The third-order valence-corrected chi connectivity index (χ3v) is 5.52. The summed E-state index contributed by atoms with van der Waals surface area (Å²) in [5.74, 6) is 0.212. The number of rotatable bonds is 2. The molecule has 1 aromatic heterocycles. The molecule has 1 aliphatic rings. The highest BCUT2D eigenvalue weighted by Crippen LogP contribution is 2.34. The summed E-state index contributed by atoms with van der Waals surface area (Å²) in [5, 5.41) is 10.6. The molecule has 0 fully saturated rings. The lowest BCUT2D eigenvalue weighted by Crippen LogP contribution is -2.09. The van der Waals surface area contributed by atoms with Crippen LogP contribution in [0.15, 0.2) is 52.4 Å². The first kappa shape index (κ1) is 16.5. The van der Waals surface area contributed by atoms with Crippen molar-refractivity contribution in [3.8, 4) is 5.88 Å². The first-order valence-electron chi connectivity index (χ1n) is 8.39. The van der Waals surface area contributed by atoms with Crippen LogP contribution in [0.3, 0.4) is 0 Å². The number of thiazole rings is 1. The van der Waals surface area contributed by atoms with Gasteiger partial charge in [0.25, 0.3) is 0 Å². The van der Waals surface area contributed by atoms with Gasteiger partial charge in [-0.3, -0.25) is 9.56 Å². The third kappa shape index (κ3) is 2.91. The standard InChI is InChI=1S/C21H19N3OS/c1-13-8-9-14(2)18(10-13)23-21-24(3)20(25)19(26-21)11-15-12-22-17-7-5-4-6-16(15)17/h4-12,25H,1-3H3. The maximum absolute atomic E-state index is 10.6. The molecule has 4 nitrogen and oxygen atoms in total. The van der Waals surface area contributed by atoms with Gasteiger partial charge in [0.1, 0.15) is 0 Å². The average molecular weight is 361 g/mol. The van der Waals surface area contributed by atoms with Crippen LogP contribution in [0.1, 0.15) is 21.6 Å². The van der Waals surface area contributed by atoms with Gasteiger partial charge in [-0.15, -0.1) is 0 Å². The summed E-state index contributed by atoms with van der Waals surface area (Å²) < 4.78 is 1.72. The largest absolute Gasteiger partial charge is 0.493 e. The number of aryl methyl sites for hydroxylation is 2. The Hall–Kier alpha value is -2.92. The number of aliphatic imine (C=N–C) groups is 1. The van der Waals surface area contributed by atoms with Gasteiger partial charge in [0.15, 0.2) is 4.80 Å². The van der Waals surface area contributed by atoms with Gasteiger partial charge in [-0.25, -0.2) is 4.99 Å². The molecule has 0 saturated carbocycles. The molecule has 0 bridgehead atoms. The molecule has 1 N–H and O–H groups in total. The van der Waals surface area contributed by atoms with Crippen molar-refractivity contribution in [1.82, 2.24) is 4.57 Å². The molecule has 130 valence electrons. The van der Waals surface area contributed by atoms with Crippen molar-refractivity contribution >= 4 is 40.6 Å². The van der Waals surface area contributed by atoms with Crippen molar-refractivity contribution < 1.29 is 5.11 Å². The Morgan fingerprint density at radius 2 is 1.96 bits per heavy atom. The van der Waals surface area contributed by atoms with Crippen LogP contribution in [-0.4, -0.2) is 15.9 Å². The van der Waals surface area contributed by atoms with Gasteiger partial charge in [0, 0.05) is 24.4 Å². The van der Waals surface area contributed by atoms with Crippen LogP contribution >= 0.6 is 11.3 Å². The fourth-order valence-corrected chi connectivity index (χ4v) is 3.88. The van der Waals surface area contributed by atoms with Gasteiger partial charge in [0.2, 0.25) is 5.88 Å². The van der Waals surface area contributed by atoms with Crippen LogP contribution < -0.4 is 4.80 Å². The molecule has 4 rings (SSSR count). The maximum atomic E-state index is 10.6. The summed E-state index contributed by atoms with van der Waals surface area (Å²) in [7, 11) is 1.83. The molecule has 0 aliphatic carbocycles. The van der Waals surface area contributed by atoms with Gasteiger partial charge in [0.05, 0.1) is 16.3 Å². The topological polar surface area (TPSA) is 49.9 Å². The molecule has 0 radical (unpaired) electrons. The maximum Gasteiger partial charge on any atom is 0.210 e. The van der Waals surface area contributed by atoms with Crippen molar-refractivity contribution in [1.29, 1.82) is 0 Å². The number of benzene rings is 2. The second-order valence-electron chi connectivity index (χ2n) is 6.41. The minimum Gasteiger partial charge on any atom is -0.493 e. The fourth-order valence-electron chi connectivity index (χ4n) is 2.90. The van der Waals surface area contributed by atoms with Gasteiger partial charge in [-0.05, 0) is 43.2 Å². The van der Waals surface area contributed by atoms with Crippen LogP contribution in [0, 0.1) is 13.8 Å². The van der Waals surface area contributed by atoms with E-state index < -0.39 is 0 Å². The van der Waals surface area contributed by atoms with Crippen molar-refractivity contribution in [2.75, 3.05) is 0 Å². The molecule has 1 aliphatic heterocycles. The van der Waals surface area contributed by atoms with E-state index in [2.05, 4.69) is 30.1 Å². The summed E-state index contributed by atoms with van der Waals surface area (Å²) >= 11 is 1.47. The van der Waals surface area contributed by atoms with E-state index in [0.717, 1.165) is 37.8 Å². The molecule has 5 heteroatoms. The van der Waals surface area contributed by atoms with E-state index in [0.29, 0.717) is 0 Å². The van der Waals surface area contributed by atoms with E-state index >= 15 is 0 Å². The molecule has 3 aromatic rings. The number of para-hydroxylation sites is 1. The highest BCUT2D eigenvalue weighted by atomic mass is 32.1. The van der Waals surface area contributed by atoms with Crippen LogP contribution in [0.25, 0.3) is 11.6 Å². The average Bonchev–Trinajstić information content (AvgIpc) is 3.15. The van der Waals surface area contributed by atoms with Gasteiger partial charge in [-0.2, -0.15) is 0 Å². The van der Waals surface area contributed by atoms with Crippen LogP contribution in [-0.2, 0) is 7.05 Å². The highest BCUT2D eigenvalue weighted by Gasteiger charge is 2.14. The summed E-state index contributed by atoms with van der Waals surface area (Å²) in [6.45, 7) is 4.09. The minimum atomic E-state index is 0.212. The van der Waals surface area contributed by atoms with Crippen LogP contribution in [0.4, 0.5) is 11.4 Å². The Balaban J connectivity index is 1.81. The van der Waals surface area contributed by atoms with Gasteiger partial charge in [-0.1, -0.05) is 41.7 Å². The fraction of sp³-hybridized carbons (Fsp3) is 0.143. The first-order valence-corrected chi connectivity index (χ1v) is 9.20. The first-order chi connectivity index (χ1) is 12.5. The zero-order valence-electron chi connectivity index (χ0n) is 14.9. The molecule has 0 amide bonds. The zero-order valence-corrected chi connectivity index (χ0v) is 15.7. The Bertz CT molecular complexity index is 1130. The quantitative estimate of drug-likeness (QED) is 0.693. The number of aromatic nitrogens is 1.